The number of carbonyl (C=O) groups excluding carboxylic acids is 1. The summed E-state index contributed by atoms with van der Waals surface area (Å²) < 4.78 is 0. The van der Waals surface area contributed by atoms with Crippen molar-refractivity contribution < 1.29 is 4.79 Å². The fourth-order valence-electron chi connectivity index (χ4n) is 2.62. The summed E-state index contributed by atoms with van der Waals surface area (Å²) in [4.78, 5) is 18.4. The van der Waals surface area contributed by atoms with Gasteiger partial charge in [-0.1, -0.05) is 48.5 Å². The summed E-state index contributed by atoms with van der Waals surface area (Å²) in [6, 6.07) is 17.3. The molecule has 3 nitrogen and oxygen atoms in total. The van der Waals surface area contributed by atoms with Crippen molar-refractivity contribution in [3.05, 3.63) is 65.7 Å². The summed E-state index contributed by atoms with van der Waals surface area (Å²) in [6.07, 6.45) is 0.961. The van der Waals surface area contributed by atoms with Gasteiger partial charge in [0.1, 0.15) is 18.2 Å². The molecule has 1 unspecified atom stereocenters. The monoisotopic (exact) mass is 298 g/mol. The van der Waals surface area contributed by atoms with Crippen LogP contribution in [-0.2, 0) is 4.79 Å². The SMILES string of the molecule is O=CC1c2ccccc2N=C(c2ccccc2)N1CCCl. The third kappa shape index (κ3) is 2.57. The van der Waals surface area contributed by atoms with E-state index in [2.05, 4.69) is 0 Å². The Morgan fingerprint density at radius 3 is 2.52 bits per heavy atom. The van der Waals surface area contributed by atoms with Gasteiger partial charge in [0.05, 0.1) is 5.69 Å². The maximum atomic E-state index is 11.6. The van der Waals surface area contributed by atoms with Crippen molar-refractivity contribution >= 4 is 29.4 Å². The lowest BCUT2D eigenvalue weighted by molar-refractivity contribution is -0.111. The lowest BCUT2D eigenvalue weighted by Crippen LogP contribution is -2.39. The first-order valence-electron chi connectivity index (χ1n) is 6.86. The molecule has 1 aliphatic rings. The first-order valence-corrected chi connectivity index (χ1v) is 7.39. The number of nitrogens with zero attached hydrogens (tertiary/aromatic N) is 2. The van der Waals surface area contributed by atoms with Crippen LogP contribution in [0.25, 0.3) is 0 Å². The van der Waals surface area contributed by atoms with Gasteiger partial charge >= 0.3 is 0 Å². The van der Waals surface area contributed by atoms with Gasteiger partial charge in [0.25, 0.3) is 0 Å². The molecule has 2 aromatic rings. The molecule has 0 saturated heterocycles. The van der Waals surface area contributed by atoms with E-state index in [9.17, 15) is 4.79 Å². The van der Waals surface area contributed by atoms with E-state index in [4.69, 9.17) is 16.6 Å². The highest BCUT2D eigenvalue weighted by atomic mass is 35.5. The molecular weight excluding hydrogens is 284 g/mol. The standard InChI is InChI=1S/C17H15ClN2O/c18-10-11-20-16(12-21)14-8-4-5-9-15(14)19-17(20)13-6-2-1-3-7-13/h1-9,12,16H,10-11H2. The summed E-state index contributed by atoms with van der Waals surface area (Å²) in [5, 5.41) is 0. The minimum atomic E-state index is -0.340. The molecule has 1 atom stereocenters. The second-order valence-electron chi connectivity index (χ2n) is 4.82. The van der Waals surface area contributed by atoms with Gasteiger partial charge in [0.2, 0.25) is 0 Å². The van der Waals surface area contributed by atoms with E-state index in [1.807, 2.05) is 59.5 Å². The van der Waals surface area contributed by atoms with Crippen LogP contribution in [0.3, 0.4) is 0 Å². The van der Waals surface area contributed by atoms with Crippen LogP contribution in [0.5, 0.6) is 0 Å². The Bertz CT molecular complexity index is 670. The summed E-state index contributed by atoms with van der Waals surface area (Å²) in [5.74, 6) is 1.24. The molecule has 0 spiro atoms. The third-order valence-electron chi connectivity index (χ3n) is 3.58. The van der Waals surface area contributed by atoms with E-state index in [0.29, 0.717) is 12.4 Å². The van der Waals surface area contributed by atoms with Crippen molar-refractivity contribution in [2.45, 2.75) is 6.04 Å². The molecule has 0 aliphatic carbocycles. The fourth-order valence-corrected chi connectivity index (χ4v) is 2.80. The van der Waals surface area contributed by atoms with E-state index >= 15 is 0 Å². The normalized spacial score (nSPS) is 17.1. The Morgan fingerprint density at radius 1 is 1.10 bits per heavy atom. The fraction of sp³-hybridized carbons (Fsp3) is 0.176. The average Bonchev–Trinajstić information content (AvgIpc) is 2.55. The van der Waals surface area contributed by atoms with Crippen molar-refractivity contribution in [2.24, 2.45) is 4.99 Å². The number of fused-ring (bicyclic) bond motifs is 1. The van der Waals surface area contributed by atoms with Crippen LogP contribution in [0.4, 0.5) is 5.69 Å². The average molecular weight is 299 g/mol. The summed E-state index contributed by atoms with van der Waals surface area (Å²) >= 11 is 5.92. The number of para-hydroxylation sites is 1. The highest BCUT2D eigenvalue weighted by molar-refractivity contribution is 6.18. The van der Waals surface area contributed by atoms with Crippen LogP contribution in [0.1, 0.15) is 17.2 Å². The number of benzene rings is 2. The highest BCUT2D eigenvalue weighted by Crippen LogP contribution is 2.34. The molecule has 0 radical (unpaired) electrons. The number of alkyl halides is 1. The topological polar surface area (TPSA) is 32.7 Å². The number of rotatable bonds is 4. The van der Waals surface area contributed by atoms with Crippen molar-refractivity contribution in [1.82, 2.24) is 4.90 Å². The van der Waals surface area contributed by atoms with Crippen LogP contribution >= 0.6 is 11.6 Å². The Labute approximate surface area is 128 Å². The highest BCUT2D eigenvalue weighted by Gasteiger charge is 2.29. The van der Waals surface area contributed by atoms with Crippen LogP contribution in [0.2, 0.25) is 0 Å². The number of halogens is 1. The van der Waals surface area contributed by atoms with E-state index in [0.717, 1.165) is 28.9 Å². The lowest BCUT2D eigenvalue weighted by atomic mass is 10.00. The van der Waals surface area contributed by atoms with Gasteiger partial charge in [0.15, 0.2) is 0 Å². The number of amidine groups is 1. The van der Waals surface area contributed by atoms with E-state index in [1.165, 1.54) is 0 Å². The largest absolute Gasteiger partial charge is 0.341 e. The summed E-state index contributed by atoms with van der Waals surface area (Å²) in [6.45, 7) is 0.576. The molecule has 0 amide bonds. The zero-order valence-corrected chi connectivity index (χ0v) is 12.2. The molecule has 0 bridgehead atoms. The molecule has 1 heterocycles. The minimum Gasteiger partial charge on any atom is -0.341 e. The maximum absolute atomic E-state index is 11.6. The summed E-state index contributed by atoms with van der Waals surface area (Å²) in [7, 11) is 0. The molecule has 4 heteroatoms. The van der Waals surface area contributed by atoms with Crippen LogP contribution in [-0.4, -0.2) is 29.4 Å². The Balaban J connectivity index is 2.15. The van der Waals surface area contributed by atoms with Gasteiger partial charge in [-0.25, -0.2) is 4.99 Å². The Hall–Kier alpha value is -2.13. The van der Waals surface area contributed by atoms with E-state index < -0.39 is 0 Å². The number of hydrogen-bond donors (Lipinski definition) is 0. The van der Waals surface area contributed by atoms with Gasteiger partial charge < -0.3 is 9.69 Å². The van der Waals surface area contributed by atoms with Crippen molar-refractivity contribution in [3.63, 3.8) is 0 Å². The first kappa shape index (κ1) is 13.8. The first-order chi connectivity index (χ1) is 10.3. The predicted octanol–water partition coefficient (Wildman–Crippen LogP) is 3.56. The number of aliphatic imine (C=N–C) groups is 1. The molecule has 106 valence electrons. The van der Waals surface area contributed by atoms with Crippen LogP contribution in [0.15, 0.2) is 59.6 Å². The summed E-state index contributed by atoms with van der Waals surface area (Å²) in [5.41, 5.74) is 2.76. The van der Waals surface area contributed by atoms with Crippen LogP contribution < -0.4 is 0 Å². The van der Waals surface area contributed by atoms with Crippen molar-refractivity contribution in [1.29, 1.82) is 0 Å². The van der Waals surface area contributed by atoms with Gasteiger partial charge in [-0.15, -0.1) is 11.6 Å². The van der Waals surface area contributed by atoms with Crippen molar-refractivity contribution in [2.75, 3.05) is 12.4 Å². The second kappa shape index (κ2) is 6.10. The molecule has 0 fully saturated rings. The molecule has 1 aliphatic heterocycles. The number of carbonyl (C=O) groups is 1. The van der Waals surface area contributed by atoms with Gasteiger partial charge in [0, 0.05) is 23.6 Å². The molecule has 0 saturated carbocycles. The zero-order chi connectivity index (χ0) is 14.7. The van der Waals surface area contributed by atoms with Gasteiger partial charge in [-0.3, -0.25) is 0 Å². The maximum Gasteiger partial charge on any atom is 0.147 e. The molecule has 0 aromatic heterocycles. The van der Waals surface area contributed by atoms with Gasteiger partial charge in [-0.2, -0.15) is 0 Å². The molecule has 3 rings (SSSR count). The molecule has 2 aromatic carbocycles. The van der Waals surface area contributed by atoms with Gasteiger partial charge in [-0.05, 0) is 6.07 Å². The quantitative estimate of drug-likeness (QED) is 0.638. The third-order valence-corrected chi connectivity index (χ3v) is 3.74. The smallest absolute Gasteiger partial charge is 0.147 e. The van der Waals surface area contributed by atoms with Crippen molar-refractivity contribution in [3.8, 4) is 0 Å². The molecular formula is C17H15ClN2O. The number of hydrogen-bond acceptors (Lipinski definition) is 3. The Morgan fingerprint density at radius 2 is 1.81 bits per heavy atom. The number of aldehydes is 1. The lowest BCUT2D eigenvalue weighted by Gasteiger charge is -2.35. The van der Waals surface area contributed by atoms with E-state index in [1.54, 1.807) is 0 Å². The minimum absolute atomic E-state index is 0.340. The second-order valence-corrected chi connectivity index (χ2v) is 5.20. The molecule has 0 N–H and O–H groups in total. The van der Waals surface area contributed by atoms with E-state index in [-0.39, 0.29) is 6.04 Å². The molecule has 21 heavy (non-hydrogen) atoms. The predicted molar refractivity (Wildman–Crippen MR) is 85.3 cm³/mol. The zero-order valence-electron chi connectivity index (χ0n) is 11.4. The van der Waals surface area contributed by atoms with Crippen LogP contribution in [0, 0.1) is 0 Å². The Kier molecular flexibility index (Phi) is 4.02.